The number of halogens is 1. The molecule has 0 radical (unpaired) electrons. The number of aromatic nitrogens is 3. The van der Waals surface area contributed by atoms with Crippen molar-refractivity contribution in [3.63, 3.8) is 0 Å². The zero-order valence-electron chi connectivity index (χ0n) is 13.4. The van der Waals surface area contributed by atoms with E-state index < -0.39 is 0 Å². The van der Waals surface area contributed by atoms with Gasteiger partial charge in [0.2, 0.25) is 0 Å². The van der Waals surface area contributed by atoms with E-state index in [1.165, 1.54) is 31.4 Å². The summed E-state index contributed by atoms with van der Waals surface area (Å²) >= 11 is 0. The Morgan fingerprint density at radius 2 is 1.58 bits per heavy atom. The first kappa shape index (κ1) is 14.9. The fraction of sp³-hybridized carbons (Fsp3) is 0.263. The molecule has 3 heterocycles. The molecule has 24 heavy (non-hydrogen) atoms. The molecule has 122 valence electrons. The maximum absolute atomic E-state index is 13.3. The lowest BCUT2D eigenvalue weighted by molar-refractivity contribution is 0.573. The van der Waals surface area contributed by atoms with E-state index in [0.717, 1.165) is 41.3 Å². The molecule has 1 fully saturated rings. The van der Waals surface area contributed by atoms with Gasteiger partial charge in [-0.25, -0.2) is 4.39 Å². The standard InChI is InChI=1S/C19H19FN4/c20-16-6-4-15(5-7-16)18-17(14-8-10-21-11-9-14)19(23-22-18)24-12-2-1-3-13-24/h4-11H,1-3,12-13H2,(H,22,23). The highest BCUT2D eigenvalue weighted by molar-refractivity contribution is 5.88. The Morgan fingerprint density at radius 1 is 0.875 bits per heavy atom. The average molecular weight is 322 g/mol. The first-order valence-corrected chi connectivity index (χ1v) is 8.32. The largest absolute Gasteiger partial charge is 0.356 e. The molecule has 0 aliphatic carbocycles. The van der Waals surface area contributed by atoms with Gasteiger partial charge in [-0.1, -0.05) is 0 Å². The van der Waals surface area contributed by atoms with Gasteiger partial charge in [0.25, 0.3) is 0 Å². The van der Waals surface area contributed by atoms with Crippen LogP contribution in [0.5, 0.6) is 0 Å². The molecule has 0 saturated carbocycles. The van der Waals surface area contributed by atoms with Gasteiger partial charge in [0.05, 0.1) is 5.56 Å². The number of nitrogens with one attached hydrogen (secondary N) is 1. The maximum Gasteiger partial charge on any atom is 0.132 e. The van der Waals surface area contributed by atoms with Gasteiger partial charge in [-0.3, -0.25) is 10.1 Å². The molecular formula is C19H19FN4. The monoisotopic (exact) mass is 322 g/mol. The van der Waals surface area contributed by atoms with Crippen molar-refractivity contribution in [3.8, 4) is 22.4 Å². The normalized spacial score (nSPS) is 14.8. The van der Waals surface area contributed by atoms with Crippen LogP contribution in [-0.2, 0) is 0 Å². The molecule has 3 aromatic rings. The topological polar surface area (TPSA) is 44.8 Å². The van der Waals surface area contributed by atoms with Gasteiger partial charge in [-0.15, -0.1) is 0 Å². The van der Waals surface area contributed by atoms with Gasteiger partial charge in [0, 0.05) is 31.0 Å². The Hall–Kier alpha value is -2.69. The minimum absolute atomic E-state index is 0.240. The molecule has 0 unspecified atom stereocenters. The molecule has 5 heteroatoms. The summed E-state index contributed by atoms with van der Waals surface area (Å²) in [6, 6.07) is 10.5. The number of pyridine rings is 1. The first-order chi connectivity index (χ1) is 11.8. The molecule has 1 aromatic carbocycles. The molecule has 1 N–H and O–H groups in total. The number of benzene rings is 1. The highest BCUT2D eigenvalue weighted by Crippen LogP contribution is 2.38. The van der Waals surface area contributed by atoms with Gasteiger partial charge < -0.3 is 4.90 Å². The second kappa shape index (κ2) is 6.43. The summed E-state index contributed by atoms with van der Waals surface area (Å²) in [6.45, 7) is 2.06. The molecule has 4 rings (SSSR count). The van der Waals surface area contributed by atoms with Gasteiger partial charge in [-0.2, -0.15) is 5.10 Å². The summed E-state index contributed by atoms with van der Waals surface area (Å²) in [5, 5.41) is 7.78. The van der Waals surface area contributed by atoms with Crippen molar-refractivity contribution in [2.45, 2.75) is 19.3 Å². The number of rotatable bonds is 3. The molecule has 0 bridgehead atoms. The Kier molecular flexibility index (Phi) is 3.99. The van der Waals surface area contributed by atoms with Crippen molar-refractivity contribution >= 4 is 5.82 Å². The second-order valence-corrected chi connectivity index (χ2v) is 6.09. The summed E-state index contributed by atoms with van der Waals surface area (Å²) in [7, 11) is 0. The molecule has 4 nitrogen and oxygen atoms in total. The fourth-order valence-electron chi connectivity index (χ4n) is 3.29. The van der Waals surface area contributed by atoms with E-state index in [0.29, 0.717) is 0 Å². The summed E-state index contributed by atoms with van der Waals surface area (Å²) in [5.74, 6) is 0.802. The van der Waals surface area contributed by atoms with Crippen LogP contribution in [0.2, 0.25) is 0 Å². The smallest absolute Gasteiger partial charge is 0.132 e. The van der Waals surface area contributed by atoms with Gasteiger partial charge in [-0.05, 0) is 61.2 Å². The van der Waals surface area contributed by atoms with Gasteiger partial charge in [0.15, 0.2) is 0 Å². The van der Waals surface area contributed by atoms with Crippen molar-refractivity contribution in [2.24, 2.45) is 0 Å². The van der Waals surface area contributed by atoms with E-state index in [-0.39, 0.29) is 5.82 Å². The summed E-state index contributed by atoms with van der Waals surface area (Å²) < 4.78 is 13.3. The lowest BCUT2D eigenvalue weighted by atomic mass is 10.0. The zero-order chi connectivity index (χ0) is 16.4. The maximum atomic E-state index is 13.3. The molecular weight excluding hydrogens is 303 g/mol. The summed E-state index contributed by atoms with van der Waals surface area (Å²) in [6.07, 6.45) is 7.24. The van der Waals surface area contributed by atoms with Crippen LogP contribution >= 0.6 is 0 Å². The zero-order valence-corrected chi connectivity index (χ0v) is 13.4. The molecule has 1 saturated heterocycles. The van der Waals surface area contributed by atoms with Crippen molar-refractivity contribution in [1.29, 1.82) is 0 Å². The number of piperidine rings is 1. The van der Waals surface area contributed by atoms with Crippen molar-refractivity contribution < 1.29 is 4.39 Å². The van der Waals surface area contributed by atoms with Gasteiger partial charge >= 0.3 is 0 Å². The third-order valence-electron chi connectivity index (χ3n) is 4.51. The van der Waals surface area contributed by atoms with E-state index in [1.807, 2.05) is 12.1 Å². The van der Waals surface area contributed by atoms with Crippen LogP contribution in [0.25, 0.3) is 22.4 Å². The number of anilines is 1. The Morgan fingerprint density at radius 3 is 2.29 bits per heavy atom. The average Bonchev–Trinajstić information content (AvgIpc) is 3.09. The van der Waals surface area contributed by atoms with Crippen LogP contribution < -0.4 is 4.90 Å². The van der Waals surface area contributed by atoms with E-state index >= 15 is 0 Å². The van der Waals surface area contributed by atoms with Crippen molar-refractivity contribution in [2.75, 3.05) is 18.0 Å². The summed E-state index contributed by atoms with van der Waals surface area (Å²) in [4.78, 5) is 6.48. The van der Waals surface area contributed by atoms with Crippen LogP contribution in [0, 0.1) is 5.82 Å². The van der Waals surface area contributed by atoms with Crippen LogP contribution in [0.3, 0.4) is 0 Å². The van der Waals surface area contributed by atoms with Crippen LogP contribution in [0.15, 0.2) is 48.8 Å². The SMILES string of the molecule is Fc1ccc(-c2n[nH]c(N3CCCCC3)c2-c2ccncc2)cc1. The predicted molar refractivity (Wildman–Crippen MR) is 93.3 cm³/mol. The third-order valence-corrected chi connectivity index (χ3v) is 4.51. The third kappa shape index (κ3) is 2.77. The van der Waals surface area contributed by atoms with E-state index in [9.17, 15) is 4.39 Å². The molecule has 1 aliphatic heterocycles. The van der Waals surface area contributed by atoms with Crippen LogP contribution in [0.1, 0.15) is 19.3 Å². The summed E-state index contributed by atoms with van der Waals surface area (Å²) in [5.41, 5.74) is 3.88. The van der Waals surface area contributed by atoms with Crippen molar-refractivity contribution in [3.05, 3.63) is 54.6 Å². The van der Waals surface area contributed by atoms with E-state index in [1.54, 1.807) is 24.5 Å². The Labute approximate surface area is 140 Å². The predicted octanol–water partition coefficient (Wildman–Crippen LogP) is 4.27. The molecule has 1 aliphatic rings. The van der Waals surface area contributed by atoms with E-state index in [4.69, 9.17) is 0 Å². The van der Waals surface area contributed by atoms with Crippen molar-refractivity contribution in [1.82, 2.24) is 15.2 Å². The number of H-pyrrole nitrogens is 1. The molecule has 0 amide bonds. The lowest BCUT2D eigenvalue weighted by Gasteiger charge is -2.28. The highest BCUT2D eigenvalue weighted by Gasteiger charge is 2.22. The number of hydrogen-bond donors (Lipinski definition) is 1. The minimum atomic E-state index is -0.240. The molecule has 2 aromatic heterocycles. The molecule has 0 spiro atoms. The lowest BCUT2D eigenvalue weighted by Crippen LogP contribution is -2.30. The minimum Gasteiger partial charge on any atom is -0.356 e. The Balaban J connectivity index is 1.84. The number of hydrogen-bond acceptors (Lipinski definition) is 3. The quantitative estimate of drug-likeness (QED) is 0.783. The van der Waals surface area contributed by atoms with E-state index in [2.05, 4.69) is 20.1 Å². The van der Waals surface area contributed by atoms with Crippen LogP contribution in [0.4, 0.5) is 10.2 Å². The highest BCUT2D eigenvalue weighted by atomic mass is 19.1. The molecule has 0 atom stereocenters. The van der Waals surface area contributed by atoms with Gasteiger partial charge in [0.1, 0.15) is 17.3 Å². The second-order valence-electron chi connectivity index (χ2n) is 6.09. The fourth-order valence-corrected chi connectivity index (χ4v) is 3.29. The Bertz CT molecular complexity index is 805. The number of nitrogens with zero attached hydrogens (tertiary/aromatic N) is 3. The first-order valence-electron chi connectivity index (χ1n) is 8.32. The number of aromatic amines is 1. The van der Waals surface area contributed by atoms with Crippen LogP contribution in [-0.4, -0.2) is 28.3 Å².